The molecule has 0 aromatic heterocycles. The van der Waals surface area contributed by atoms with Gasteiger partial charge in [0.05, 0.1) is 12.9 Å². The molecule has 0 atom stereocenters. The van der Waals surface area contributed by atoms with Crippen LogP contribution in [0.3, 0.4) is 0 Å². The zero-order valence-corrected chi connectivity index (χ0v) is 11.2. The second kappa shape index (κ2) is 6.72. The molecule has 0 saturated heterocycles. The molecule has 2 rings (SSSR count). The van der Waals surface area contributed by atoms with Crippen LogP contribution in [0.15, 0.2) is 24.3 Å². The number of nitrogens with zero attached hydrogens (tertiary/aromatic N) is 1. The van der Waals surface area contributed by atoms with Gasteiger partial charge in [0.1, 0.15) is 0 Å². The number of aliphatic hydroxyl groups is 1. The van der Waals surface area contributed by atoms with Gasteiger partial charge in [-0.05, 0) is 24.5 Å². The van der Waals surface area contributed by atoms with Crippen molar-refractivity contribution in [1.29, 1.82) is 0 Å². The van der Waals surface area contributed by atoms with E-state index in [0.29, 0.717) is 6.26 Å². The van der Waals surface area contributed by atoms with Crippen molar-refractivity contribution in [1.82, 2.24) is 0 Å². The predicted octanol–water partition coefficient (Wildman–Crippen LogP) is 0.936. The molecule has 102 valence electrons. The lowest BCUT2D eigenvalue weighted by molar-refractivity contribution is 0.301. The lowest BCUT2D eigenvalue weighted by atomic mass is 10.0. The fraction of sp³-hybridized carbons (Fsp3) is 0.500. The number of fused-ring (bicyclic) bond motifs is 1. The van der Waals surface area contributed by atoms with E-state index in [0.717, 1.165) is 13.1 Å². The highest BCUT2D eigenvalue weighted by Gasteiger charge is 2.14. The van der Waals surface area contributed by atoms with E-state index in [4.69, 9.17) is 9.66 Å². The Labute approximate surface area is 108 Å². The molecule has 1 aliphatic rings. The summed E-state index contributed by atoms with van der Waals surface area (Å²) in [7, 11) is -3.67. The van der Waals surface area contributed by atoms with E-state index in [1.807, 2.05) is 0 Å². The Kier molecular flexibility index (Phi) is 5.58. The van der Waals surface area contributed by atoms with E-state index in [9.17, 15) is 8.42 Å². The number of hydrogen-bond donors (Lipinski definition) is 2. The van der Waals surface area contributed by atoms with Gasteiger partial charge in [-0.15, -0.1) is 0 Å². The SMILES string of the molecule is CS(=O)(=O)O.OCCN1CCCc2ccccc21. The summed E-state index contributed by atoms with van der Waals surface area (Å²) in [5.41, 5.74) is 2.73. The third kappa shape index (κ3) is 5.48. The molecular formula is C12H19NO4S. The monoisotopic (exact) mass is 273 g/mol. The van der Waals surface area contributed by atoms with Crippen molar-refractivity contribution in [3.63, 3.8) is 0 Å². The van der Waals surface area contributed by atoms with Gasteiger partial charge >= 0.3 is 0 Å². The molecule has 5 nitrogen and oxygen atoms in total. The lowest BCUT2D eigenvalue weighted by Crippen LogP contribution is -2.31. The molecule has 0 fully saturated rings. The molecule has 1 aromatic rings. The number of hydrogen-bond acceptors (Lipinski definition) is 4. The van der Waals surface area contributed by atoms with E-state index < -0.39 is 10.1 Å². The number of β-amino-alcohol motifs (C(OH)–C–C–N with tert-alkyl or cyclic N) is 1. The lowest BCUT2D eigenvalue weighted by Gasteiger charge is -2.30. The summed E-state index contributed by atoms with van der Waals surface area (Å²) in [6.07, 6.45) is 3.10. The van der Waals surface area contributed by atoms with Gasteiger partial charge in [-0.3, -0.25) is 4.55 Å². The Bertz CT molecular complexity index is 465. The molecule has 0 saturated carbocycles. The first-order valence-corrected chi connectivity index (χ1v) is 7.63. The third-order valence-electron chi connectivity index (χ3n) is 2.58. The van der Waals surface area contributed by atoms with Crippen LogP contribution >= 0.6 is 0 Å². The smallest absolute Gasteiger partial charge is 0.261 e. The maximum absolute atomic E-state index is 9.19. The Morgan fingerprint density at radius 3 is 2.56 bits per heavy atom. The summed E-state index contributed by atoms with van der Waals surface area (Å²) in [6.45, 7) is 2.09. The van der Waals surface area contributed by atoms with Crippen molar-refractivity contribution >= 4 is 15.8 Å². The number of aryl methyl sites for hydroxylation is 1. The van der Waals surface area contributed by atoms with Crippen molar-refractivity contribution in [3.05, 3.63) is 29.8 Å². The van der Waals surface area contributed by atoms with Crippen LogP contribution in [0.2, 0.25) is 0 Å². The standard InChI is InChI=1S/C11H15NO.CH4O3S/c13-9-8-12-7-3-5-10-4-1-2-6-11(10)12;1-5(2,3)4/h1-2,4,6,13H,3,5,7-9H2;1H3,(H,2,3,4). The third-order valence-corrected chi connectivity index (χ3v) is 2.58. The Morgan fingerprint density at radius 1 is 1.33 bits per heavy atom. The van der Waals surface area contributed by atoms with Crippen LogP contribution in [0.1, 0.15) is 12.0 Å². The minimum absolute atomic E-state index is 0.244. The van der Waals surface area contributed by atoms with Crippen molar-refractivity contribution in [2.45, 2.75) is 12.8 Å². The average Bonchev–Trinajstić information content (AvgIpc) is 2.28. The highest BCUT2D eigenvalue weighted by Crippen LogP contribution is 2.25. The van der Waals surface area contributed by atoms with E-state index in [1.165, 1.54) is 24.1 Å². The Morgan fingerprint density at radius 2 is 1.94 bits per heavy atom. The molecule has 0 bridgehead atoms. The second-order valence-electron chi connectivity index (χ2n) is 4.18. The molecule has 0 spiro atoms. The molecule has 2 N–H and O–H groups in total. The van der Waals surface area contributed by atoms with Crippen LogP contribution in [0.25, 0.3) is 0 Å². The van der Waals surface area contributed by atoms with E-state index in [1.54, 1.807) is 0 Å². The zero-order valence-electron chi connectivity index (χ0n) is 10.4. The number of para-hydroxylation sites is 1. The molecule has 0 radical (unpaired) electrons. The molecule has 0 aliphatic carbocycles. The zero-order chi connectivity index (χ0) is 13.6. The van der Waals surface area contributed by atoms with Gasteiger partial charge in [0.2, 0.25) is 0 Å². The van der Waals surface area contributed by atoms with Gasteiger partial charge in [-0.2, -0.15) is 8.42 Å². The summed E-state index contributed by atoms with van der Waals surface area (Å²) in [4.78, 5) is 2.26. The fourth-order valence-electron chi connectivity index (χ4n) is 1.96. The molecule has 1 aromatic carbocycles. The fourth-order valence-corrected chi connectivity index (χ4v) is 1.96. The summed E-state index contributed by atoms with van der Waals surface area (Å²) in [6, 6.07) is 8.47. The van der Waals surface area contributed by atoms with Crippen molar-refractivity contribution in [2.75, 3.05) is 30.9 Å². The van der Waals surface area contributed by atoms with Crippen molar-refractivity contribution in [2.24, 2.45) is 0 Å². The summed E-state index contributed by atoms with van der Waals surface area (Å²) in [5.74, 6) is 0. The molecule has 1 heterocycles. The molecular weight excluding hydrogens is 254 g/mol. The molecule has 0 amide bonds. The highest BCUT2D eigenvalue weighted by molar-refractivity contribution is 7.85. The van der Waals surface area contributed by atoms with Gasteiger partial charge in [-0.1, -0.05) is 18.2 Å². The van der Waals surface area contributed by atoms with Crippen LogP contribution in [-0.2, 0) is 16.5 Å². The minimum Gasteiger partial charge on any atom is -0.395 e. The number of benzene rings is 1. The van der Waals surface area contributed by atoms with Crippen molar-refractivity contribution in [3.8, 4) is 0 Å². The molecule has 18 heavy (non-hydrogen) atoms. The average molecular weight is 273 g/mol. The first-order chi connectivity index (χ1) is 8.42. The van der Waals surface area contributed by atoms with Gasteiger partial charge in [-0.25, -0.2) is 0 Å². The van der Waals surface area contributed by atoms with Gasteiger partial charge in [0.15, 0.2) is 0 Å². The van der Waals surface area contributed by atoms with Crippen LogP contribution in [-0.4, -0.2) is 44.0 Å². The highest BCUT2D eigenvalue weighted by atomic mass is 32.2. The Hall–Kier alpha value is -1.11. The largest absolute Gasteiger partial charge is 0.395 e. The summed E-state index contributed by atoms with van der Waals surface area (Å²) < 4.78 is 25.9. The summed E-state index contributed by atoms with van der Waals surface area (Å²) >= 11 is 0. The van der Waals surface area contributed by atoms with Crippen LogP contribution < -0.4 is 4.90 Å². The molecule has 0 unspecified atom stereocenters. The van der Waals surface area contributed by atoms with Crippen LogP contribution in [0, 0.1) is 0 Å². The number of aliphatic hydroxyl groups excluding tert-OH is 1. The van der Waals surface area contributed by atoms with E-state index in [-0.39, 0.29) is 6.61 Å². The van der Waals surface area contributed by atoms with Gasteiger partial charge in [0.25, 0.3) is 10.1 Å². The number of rotatable bonds is 2. The van der Waals surface area contributed by atoms with Crippen molar-refractivity contribution < 1.29 is 18.1 Å². The normalized spacial score (nSPS) is 14.5. The maximum Gasteiger partial charge on any atom is 0.261 e. The molecule has 6 heteroatoms. The van der Waals surface area contributed by atoms with Gasteiger partial charge in [0, 0.05) is 18.8 Å². The van der Waals surface area contributed by atoms with E-state index in [2.05, 4.69) is 29.2 Å². The first-order valence-electron chi connectivity index (χ1n) is 5.78. The quantitative estimate of drug-likeness (QED) is 0.784. The first kappa shape index (κ1) is 14.9. The maximum atomic E-state index is 9.19. The molecule has 1 aliphatic heterocycles. The summed E-state index contributed by atoms with van der Waals surface area (Å²) in [5, 5.41) is 8.90. The van der Waals surface area contributed by atoms with E-state index >= 15 is 0 Å². The van der Waals surface area contributed by atoms with Crippen LogP contribution in [0.5, 0.6) is 0 Å². The topological polar surface area (TPSA) is 77.8 Å². The van der Waals surface area contributed by atoms with Gasteiger partial charge < -0.3 is 10.0 Å². The minimum atomic E-state index is -3.67. The Balaban J connectivity index is 0.000000280. The van der Waals surface area contributed by atoms with Crippen LogP contribution in [0.4, 0.5) is 5.69 Å². The number of anilines is 1. The second-order valence-corrected chi connectivity index (χ2v) is 5.64. The predicted molar refractivity (Wildman–Crippen MR) is 71.5 cm³/mol.